The zero-order valence-corrected chi connectivity index (χ0v) is 16.0. The fraction of sp³-hybridized carbons (Fsp3) is 0.368. The van der Waals surface area contributed by atoms with Gasteiger partial charge in [0.2, 0.25) is 10.0 Å². The van der Waals surface area contributed by atoms with E-state index in [1.54, 1.807) is 31.2 Å². The fourth-order valence-corrected chi connectivity index (χ4v) is 4.47. The van der Waals surface area contributed by atoms with E-state index in [2.05, 4.69) is 5.32 Å². The van der Waals surface area contributed by atoms with Crippen LogP contribution in [0.3, 0.4) is 0 Å². The summed E-state index contributed by atoms with van der Waals surface area (Å²) >= 11 is 0. The summed E-state index contributed by atoms with van der Waals surface area (Å²) in [5.41, 5.74) is 1.41. The van der Waals surface area contributed by atoms with Gasteiger partial charge >= 0.3 is 0 Å². The van der Waals surface area contributed by atoms with E-state index in [9.17, 15) is 12.8 Å². The first-order valence-electron chi connectivity index (χ1n) is 8.77. The van der Waals surface area contributed by atoms with Crippen molar-refractivity contribution in [3.05, 3.63) is 53.8 Å². The van der Waals surface area contributed by atoms with Gasteiger partial charge in [0.1, 0.15) is 18.2 Å². The predicted octanol–water partition coefficient (Wildman–Crippen LogP) is 2.65. The molecular weight excluding hydrogens is 371 g/mol. The molecule has 0 bridgehead atoms. The summed E-state index contributed by atoms with van der Waals surface area (Å²) in [6.07, 6.45) is 0. The quantitative estimate of drug-likeness (QED) is 0.732. The Hall–Kier alpha value is -2.16. The Morgan fingerprint density at radius 1 is 1.15 bits per heavy atom. The maximum atomic E-state index is 12.9. The highest BCUT2D eigenvalue weighted by atomic mass is 32.2. The van der Waals surface area contributed by atoms with Crippen LogP contribution in [-0.2, 0) is 14.8 Å². The summed E-state index contributed by atoms with van der Waals surface area (Å²) in [5.74, 6) is 0.270. The maximum absolute atomic E-state index is 12.9. The minimum atomic E-state index is -3.55. The minimum Gasteiger partial charge on any atom is -0.492 e. The van der Waals surface area contributed by atoms with Crippen molar-refractivity contribution in [2.24, 2.45) is 0 Å². The molecule has 1 fully saturated rings. The average Bonchev–Trinajstić information content (AvgIpc) is 2.68. The first-order valence-corrected chi connectivity index (χ1v) is 10.2. The van der Waals surface area contributed by atoms with E-state index in [4.69, 9.17) is 9.47 Å². The number of hydrogen-bond donors (Lipinski definition) is 1. The van der Waals surface area contributed by atoms with Crippen LogP contribution < -0.4 is 10.1 Å². The highest BCUT2D eigenvalue weighted by molar-refractivity contribution is 7.89. The molecule has 0 unspecified atom stereocenters. The van der Waals surface area contributed by atoms with Gasteiger partial charge in [-0.1, -0.05) is 6.07 Å². The summed E-state index contributed by atoms with van der Waals surface area (Å²) < 4.78 is 50.9. The Morgan fingerprint density at radius 3 is 2.56 bits per heavy atom. The SMILES string of the molecule is Cc1ccc(NCCOc2ccc(F)cc2)cc1S(=O)(=O)N1CCOCC1. The van der Waals surface area contributed by atoms with Gasteiger partial charge in [0, 0.05) is 25.3 Å². The second kappa shape index (κ2) is 8.69. The smallest absolute Gasteiger partial charge is 0.243 e. The molecule has 0 aromatic heterocycles. The summed E-state index contributed by atoms with van der Waals surface area (Å²) in [5, 5.41) is 3.16. The summed E-state index contributed by atoms with van der Waals surface area (Å²) in [6.45, 7) is 4.20. The molecule has 0 saturated carbocycles. The first-order chi connectivity index (χ1) is 13.0. The highest BCUT2D eigenvalue weighted by Crippen LogP contribution is 2.24. The Balaban J connectivity index is 1.61. The van der Waals surface area contributed by atoms with E-state index < -0.39 is 10.0 Å². The van der Waals surface area contributed by atoms with E-state index in [0.717, 1.165) is 0 Å². The van der Waals surface area contributed by atoms with Crippen molar-refractivity contribution in [3.63, 3.8) is 0 Å². The molecule has 2 aromatic carbocycles. The lowest BCUT2D eigenvalue weighted by Crippen LogP contribution is -2.40. The van der Waals surface area contributed by atoms with E-state index >= 15 is 0 Å². The van der Waals surface area contributed by atoms with Gasteiger partial charge in [0.15, 0.2) is 0 Å². The van der Waals surface area contributed by atoms with Gasteiger partial charge in [-0.3, -0.25) is 0 Å². The molecule has 146 valence electrons. The minimum absolute atomic E-state index is 0.300. The third-order valence-corrected chi connectivity index (χ3v) is 6.33. The first kappa shape index (κ1) is 19.6. The van der Waals surface area contributed by atoms with E-state index in [0.29, 0.717) is 61.4 Å². The van der Waals surface area contributed by atoms with Gasteiger partial charge in [-0.05, 0) is 48.9 Å². The van der Waals surface area contributed by atoms with E-state index in [1.165, 1.54) is 16.4 Å². The van der Waals surface area contributed by atoms with Crippen molar-refractivity contribution >= 4 is 15.7 Å². The molecule has 6 nitrogen and oxygen atoms in total. The van der Waals surface area contributed by atoms with E-state index in [-0.39, 0.29) is 5.82 Å². The molecule has 0 atom stereocenters. The number of anilines is 1. The predicted molar refractivity (Wildman–Crippen MR) is 101 cm³/mol. The normalized spacial score (nSPS) is 15.5. The van der Waals surface area contributed by atoms with Crippen molar-refractivity contribution in [2.45, 2.75) is 11.8 Å². The van der Waals surface area contributed by atoms with Gasteiger partial charge in [-0.2, -0.15) is 4.31 Å². The van der Waals surface area contributed by atoms with Crippen LogP contribution in [0.15, 0.2) is 47.4 Å². The molecule has 1 heterocycles. The molecule has 0 amide bonds. The highest BCUT2D eigenvalue weighted by Gasteiger charge is 2.27. The molecule has 0 aliphatic carbocycles. The Labute approximate surface area is 159 Å². The lowest BCUT2D eigenvalue weighted by molar-refractivity contribution is 0.0730. The lowest BCUT2D eigenvalue weighted by Gasteiger charge is -2.27. The number of ether oxygens (including phenoxy) is 2. The van der Waals surface area contributed by atoms with Gasteiger partial charge in [-0.15, -0.1) is 0 Å². The summed E-state index contributed by atoms with van der Waals surface area (Å²) in [6, 6.07) is 11.1. The molecule has 1 aliphatic rings. The van der Waals surface area contributed by atoms with Gasteiger partial charge in [-0.25, -0.2) is 12.8 Å². The van der Waals surface area contributed by atoms with E-state index in [1.807, 2.05) is 6.07 Å². The largest absolute Gasteiger partial charge is 0.492 e. The van der Waals surface area contributed by atoms with Crippen LogP contribution in [0.1, 0.15) is 5.56 Å². The van der Waals surface area contributed by atoms with Crippen molar-refractivity contribution in [1.82, 2.24) is 4.31 Å². The molecule has 8 heteroatoms. The number of halogens is 1. The second-order valence-electron chi connectivity index (χ2n) is 6.23. The molecule has 1 N–H and O–H groups in total. The van der Waals surface area contributed by atoms with Crippen LogP contribution in [0.25, 0.3) is 0 Å². The van der Waals surface area contributed by atoms with Crippen molar-refractivity contribution in [3.8, 4) is 5.75 Å². The number of aryl methyl sites for hydroxylation is 1. The fourth-order valence-electron chi connectivity index (χ4n) is 2.81. The molecule has 0 radical (unpaired) electrons. The number of sulfonamides is 1. The third kappa shape index (κ3) is 4.97. The molecular formula is C19H23FN2O4S. The topological polar surface area (TPSA) is 67.9 Å². The Morgan fingerprint density at radius 2 is 1.85 bits per heavy atom. The van der Waals surface area contributed by atoms with Crippen LogP contribution in [0.5, 0.6) is 5.75 Å². The van der Waals surface area contributed by atoms with Crippen LogP contribution in [-0.4, -0.2) is 52.2 Å². The number of morpholine rings is 1. The van der Waals surface area contributed by atoms with Crippen molar-refractivity contribution in [1.29, 1.82) is 0 Å². The van der Waals surface area contributed by atoms with Gasteiger partial charge in [0.25, 0.3) is 0 Å². The standard InChI is InChI=1S/C19H23FN2O4S/c1-15-2-5-17(21-8-11-26-18-6-3-16(20)4-7-18)14-19(15)27(23,24)22-9-12-25-13-10-22/h2-7,14,21H,8-13H2,1H3. The zero-order valence-electron chi connectivity index (χ0n) is 15.2. The number of nitrogens with zero attached hydrogens (tertiary/aromatic N) is 1. The third-order valence-electron chi connectivity index (χ3n) is 4.29. The van der Waals surface area contributed by atoms with Crippen LogP contribution >= 0.6 is 0 Å². The molecule has 1 aliphatic heterocycles. The Kier molecular flexibility index (Phi) is 6.30. The second-order valence-corrected chi connectivity index (χ2v) is 8.13. The molecule has 0 spiro atoms. The van der Waals surface area contributed by atoms with Crippen LogP contribution in [0.2, 0.25) is 0 Å². The summed E-state index contributed by atoms with van der Waals surface area (Å²) in [7, 11) is -3.55. The number of hydrogen-bond acceptors (Lipinski definition) is 5. The van der Waals surface area contributed by atoms with Crippen LogP contribution in [0.4, 0.5) is 10.1 Å². The van der Waals surface area contributed by atoms with Crippen LogP contribution in [0, 0.1) is 12.7 Å². The molecule has 1 saturated heterocycles. The lowest BCUT2D eigenvalue weighted by atomic mass is 10.2. The molecule has 27 heavy (non-hydrogen) atoms. The zero-order chi connectivity index (χ0) is 19.3. The maximum Gasteiger partial charge on any atom is 0.243 e. The van der Waals surface area contributed by atoms with Crippen molar-refractivity contribution < 1.29 is 22.3 Å². The number of benzene rings is 2. The molecule has 2 aromatic rings. The number of rotatable bonds is 7. The molecule has 3 rings (SSSR count). The Bertz CT molecular complexity index is 866. The van der Waals surface area contributed by atoms with Crippen molar-refractivity contribution in [2.75, 3.05) is 44.8 Å². The monoisotopic (exact) mass is 394 g/mol. The summed E-state index contributed by atoms with van der Waals surface area (Å²) in [4.78, 5) is 0.300. The number of nitrogens with one attached hydrogen (secondary N) is 1. The van der Waals surface area contributed by atoms with Gasteiger partial charge < -0.3 is 14.8 Å². The van der Waals surface area contributed by atoms with Gasteiger partial charge in [0.05, 0.1) is 18.1 Å². The average molecular weight is 394 g/mol.